The monoisotopic (exact) mass is 420 g/mol. The molecular formula is C15H24N4O6S2. The first kappa shape index (κ1) is 23.1. The van der Waals surface area contributed by atoms with Crippen molar-refractivity contribution in [3.8, 4) is 0 Å². The molecule has 1 amide bonds. The Morgan fingerprint density at radius 1 is 1.37 bits per heavy atom. The SMILES string of the molecule is CC(C)(O)CSCCNC(=O)CCNc1ccc(S(N)(=O)=O)cc1[N+](=O)[O-]. The van der Waals surface area contributed by atoms with Crippen LogP contribution in [0.4, 0.5) is 11.4 Å². The molecule has 0 heterocycles. The maximum Gasteiger partial charge on any atom is 0.293 e. The fraction of sp³-hybridized carbons (Fsp3) is 0.533. The van der Waals surface area contributed by atoms with Crippen molar-refractivity contribution in [3.63, 3.8) is 0 Å². The third kappa shape index (κ3) is 9.04. The third-order valence-corrected chi connectivity index (χ3v) is 5.50. The van der Waals surface area contributed by atoms with Gasteiger partial charge in [-0.25, -0.2) is 13.6 Å². The molecule has 10 nitrogen and oxygen atoms in total. The summed E-state index contributed by atoms with van der Waals surface area (Å²) < 4.78 is 22.6. The highest BCUT2D eigenvalue weighted by Gasteiger charge is 2.19. The number of amides is 1. The molecule has 0 saturated heterocycles. The number of nitro benzene ring substituents is 1. The van der Waals surface area contributed by atoms with E-state index < -0.39 is 26.2 Å². The summed E-state index contributed by atoms with van der Waals surface area (Å²) in [6.45, 7) is 4.00. The largest absolute Gasteiger partial charge is 0.390 e. The van der Waals surface area contributed by atoms with Crippen LogP contribution in [0, 0.1) is 10.1 Å². The van der Waals surface area contributed by atoms with Gasteiger partial charge < -0.3 is 15.7 Å². The number of nitrogens with one attached hydrogen (secondary N) is 2. The predicted octanol–water partition coefficient (Wildman–Crippen LogP) is 0.665. The maximum atomic E-state index is 11.8. The zero-order valence-electron chi connectivity index (χ0n) is 15.1. The molecular weight excluding hydrogens is 396 g/mol. The topological polar surface area (TPSA) is 165 Å². The molecule has 0 aromatic heterocycles. The number of carbonyl (C=O) groups excluding carboxylic acids is 1. The minimum Gasteiger partial charge on any atom is -0.390 e. The standard InChI is InChI=1S/C15H24N4O6S2/c1-15(2,21)10-26-8-7-18-14(20)5-6-17-12-4-3-11(27(16,24)25)9-13(12)19(22)23/h3-4,9,17,21H,5-8,10H2,1-2H3,(H,18,20)(H2,16,24,25). The number of hydrogen-bond donors (Lipinski definition) is 4. The number of nitrogens with two attached hydrogens (primary N) is 1. The highest BCUT2D eigenvalue weighted by Crippen LogP contribution is 2.27. The molecule has 152 valence electrons. The van der Waals surface area contributed by atoms with E-state index in [0.717, 1.165) is 12.1 Å². The smallest absolute Gasteiger partial charge is 0.293 e. The van der Waals surface area contributed by atoms with E-state index in [1.54, 1.807) is 13.8 Å². The Kier molecular flexibility index (Phi) is 8.47. The van der Waals surface area contributed by atoms with Crippen LogP contribution in [0.5, 0.6) is 0 Å². The number of thioether (sulfide) groups is 1. The Balaban J connectivity index is 2.47. The van der Waals surface area contributed by atoms with Gasteiger partial charge in [-0.3, -0.25) is 14.9 Å². The molecule has 0 aliphatic rings. The highest BCUT2D eigenvalue weighted by molar-refractivity contribution is 7.99. The van der Waals surface area contributed by atoms with Crippen molar-refractivity contribution in [2.24, 2.45) is 5.14 Å². The van der Waals surface area contributed by atoms with Crippen LogP contribution in [0.3, 0.4) is 0 Å². The van der Waals surface area contributed by atoms with Crippen molar-refractivity contribution in [1.29, 1.82) is 0 Å². The first-order valence-corrected chi connectivity index (χ1v) is 10.7. The Hall–Kier alpha value is -1.89. The number of anilines is 1. The van der Waals surface area contributed by atoms with Gasteiger partial charge in [-0.1, -0.05) is 0 Å². The Morgan fingerprint density at radius 2 is 2.04 bits per heavy atom. The number of carbonyl (C=O) groups is 1. The molecule has 0 unspecified atom stereocenters. The summed E-state index contributed by atoms with van der Waals surface area (Å²) in [5, 5.41) is 31.1. The van der Waals surface area contributed by atoms with Crippen LogP contribution in [-0.4, -0.2) is 54.6 Å². The molecule has 1 rings (SSSR count). The van der Waals surface area contributed by atoms with Gasteiger partial charge in [0.25, 0.3) is 5.69 Å². The Labute approximate surface area is 162 Å². The lowest BCUT2D eigenvalue weighted by Crippen LogP contribution is -2.28. The molecule has 27 heavy (non-hydrogen) atoms. The Morgan fingerprint density at radius 3 is 2.59 bits per heavy atom. The molecule has 12 heteroatoms. The van der Waals surface area contributed by atoms with Crippen LogP contribution in [0.15, 0.2) is 23.1 Å². The van der Waals surface area contributed by atoms with Gasteiger partial charge in [0.05, 0.1) is 15.4 Å². The molecule has 0 spiro atoms. The number of sulfonamides is 1. The average molecular weight is 421 g/mol. The van der Waals surface area contributed by atoms with E-state index in [1.165, 1.54) is 17.8 Å². The van der Waals surface area contributed by atoms with Crippen LogP contribution in [0.25, 0.3) is 0 Å². The third-order valence-electron chi connectivity index (χ3n) is 3.19. The first-order valence-electron chi connectivity index (χ1n) is 8.02. The number of hydrogen-bond acceptors (Lipinski definition) is 8. The van der Waals surface area contributed by atoms with Crippen molar-refractivity contribution in [2.45, 2.75) is 30.8 Å². The average Bonchev–Trinajstić information content (AvgIpc) is 2.52. The minimum atomic E-state index is -4.05. The van der Waals surface area contributed by atoms with Gasteiger partial charge in [0.1, 0.15) is 5.69 Å². The molecule has 0 saturated carbocycles. The van der Waals surface area contributed by atoms with Gasteiger partial charge in [0, 0.05) is 37.1 Å². The summed E-state index contributed by atoms with van der Waals surface area (Å²) in [6.07, 6.45) is 0.0876. The van der Waals surface area contributed by atoms with Crippen molar-refractivity contribution in [3.05, 3.63) is 28.3 Å². The van der Waals surface area contributed by atoms with Crippen LogP contribution < -0.4 is 15.8 Å². The van der Waals surface area contributed by atoms with Crippen LogP contribution >= 0.6 is 11.8 Å². The summed E-state index contributed by atoms with van der Waals surface area (Å²) in [4.78, 5) is 21.8. The zero-order valence-corrected chi connectivity index (χ0v) is 16.7. The molecule has 0 radical (unpaired) electrons. The minimum absolute atomic E-state index is 0.0876. The summed E-state index contributed by atoms with van der Waals surface area (Å²) in [5.74, 6) is 0.988. The van der Waals surface area contributed by atoms with Crippen LogP contribution in [-0.2, 0) is 14.8 Å². The predicted molar refractivity (Wildman–Crippen MR) is 104 cm³/mol. The molecule has 1 aromatic carbocycles. The van der Waals surface area contributed by atoms with E-state index >= 15 is 0 Å². The van der Waals surface area contributed by atoms with E-state index in [9.17, 15) is 28.4 Å². The van der Waals surface area contributed by atoms with Gasteiger partial charge in [0.2, 0.25) is 15.9 Å². The number of nitro groups is 1. The summed E-state index contributed by atoms with van der Waals surface area (Å²) in [5.41, 5.74) is -1.10. The number of benzene rings is 1. The number of rotatable bonds is 11. The van der Waals surface area contributed by atoms with Gasteiger partial charge in [-0.05, 0) is 26.0 Å². The van der Waals surface area contributed by atoms with Crippen molar-refractivity contribution >= 4 is 39.1 Å². The molecule has 1 aromatic rings. The van der Waals surface area contributed by atoms with Crippen molar-refractivity contribution in [1.82, 2.24) is 5.32 Å². The van der Waals surface area contributed by atoms with Crippen LogP contribution in [0.2, 0.25) is 0 Å². The first-order chi connectivity index (χ1) is 12.4. The quantitative estimate of drug-likeness (QED) is 0.230. The van der Waals surface area contributed by atoms with Gasteiger partial charge >= 0.3 is 0 Å². The van der Waals surface area contributed by atoms with E-state index in [1.807, 2.05) is 0 Å². The van der Waals surface area contributed by atoms with E-state index in [0.29, 0.717) is 18.1 Å². The molecule has 0 aliphatic heterocycles. The summed E-state index contributed by atoms with van der Waals surface area (Å²) in [7, 11) is -4.05. The van der Waals surface area contributed by atoms with Crippen LogP contribution in [0.1, 0.15) is 20.3 Å². The van der Waals surface area contributed by atoms with Gasteiger partial charge in [-0.15, -0.1) is 0 Å². The maximum absolute atomic E-state index is 11.8. The number of nitrogens with zero attached hydrogens (tertiary/aromatic N) is 1. The number of aliphatic hydroxyl groups is 1. The number of primary sulfonamides is 1. The normalized spacial score (nSPS) is 11.9. The molecule has 0 fully saturated rings. The lowest BCUT2D eigenvalue weighted by molar-refractivity contribution is -0.384. The second-order valence-electron chi connectivity index (χ2n) is 6.37. The molecule has 0 aliphatic carbocycles. The second-order valence-corrected chi connectivity index (χ2v) is 9.04. The highest BCUT2D eigenvalue weighted by atomic mass is 32.2. The van der Waals surface area contributed by atoms with E-state index in [2.05, 4.69) is 10.6 Å². The molecule has 0 atom stereocenters. The fourth-order valence-corrected chi connectivity index (χ4v) is 3.40. The van der Waals surface area contributed by atoms with E-state index in [-0.39, 0.29) is 29.5 Å². The second kappa shape index (κ2) is 9.88. The molecule has 0 bridgehead atoms. The molecule has 5 N–H and O–H groups in total. The summed E-state index contributed by atoms with van der Waals surface area (Å²) >= 11 is 1.52. The lowest BCUT2D eigenvalue weighted by Gasteiger charge is -2.16. The summed E-state index contributed by atoms with van der Waals surface area (Å²) in [6, 6.07) is 3.27. The van der Waals surface area contributed by atoms with Gasteiger partial charge in [-0.2, -0.15) is 11.8 Å². The fourth-order valence-electron chi connectivity index (χ4n) is 1.97. The zero-order chi connectivity index (χ0) is 20.7. The van der Waals surface area contributed by atoms with Crippen molar-refractivity contribution in [2.75, 3.05) is 29.9 Å². The van der Waals surface area contributed by atoms with Gasteiger partial charge in [0.15, 0.2) is 0 Å². The lowest BCUT2D eigenvalue weighted by atomic mass is 10.2. The Bertz CT molecular complexity index is 777. The van der Waals surface area contributed by atoms with E-state index in [4.69, 9.17) is 5.14 Å². The van der Waals surface area contributed by atoms with Crippen molar-refractivity contribution < 1.29 is 23.2 Å².